The molecule has 0 amide bonds. The van der Waals surface area contributed by atoms with Crippen molar-refractivity contribution in [2.75, 3.05) is 5.43 Å². The molecule has 0 aliphatic carbocycles. The molecule has 0 saturated carbocycles. The number of H-pyrrole nitrogens is 1. The molecule has 4 N–H and O–H groups in total. The van der Waals surface area contributed by atoms with Crippen LogP contribution in [-0.2, 0) is 26.4 Å². The minimum Gasteiger partial charge on any atom is -0.507 e. The number of aromatic hydroxyl groups is 1. The molecule has 0 bridgehead atoms. The fourth-order valence-electron chi connectivity index (χ4n) is 3.74. The van der Waals surface area contributed by atoms with E-state index in [1.165, 1.54) is 34.0 Å². The molecule has 0 aliphatic heterocycles. The predicted octanol–water partition coefficient (Wildman–Crippen LogP) is 2.50. The summed E-state index contributed by atoms with van der Waals surface area (Å²) in [6, 6.07) is 12.9. The van der Waals surface area contributed by atoms with Crippen LogP contribution in [0.15, 0.2) is 61.6 Å². The number of aryl methyl sites for hydroxylation is 2. The molecule has 0 aliphatic rings. The minimum absolute atomic E-state index is 0.0350. The molecule has 35 heavy (non-hydrogen) atoms. The number of benzene rings is 2. The lowest BCUT2D eigenvalue weighted by Crippen LogP contribution is -2.30. The number of hydrazone groups is 1. The summed E-state index contributed by atoms with van der Waals surface area (Å²) < 4.78 is 3.48. The van der Waals surface area contributed by atoms with Gasteiger partial charge in [-0.1, -0.05) is 47.1 Å². The highest BCUT2D eigenvalue weighted by Gasteiger charge is 2.20. The van der Waals surface area contributed by atoms with Gasteiger partial charge in [0.1, 0.15) is 5.75 Å². The second kappa shape index (κ2) is 10.3. The lowest BCUT2D eigenvalue weighted by molar-refractivity contribution is 0.156. The second-order valence-corrected chi connectivity index (χ2v) is 9.05. The number of nitrogens with one attached hydrogen (secondary N) is 2. The van der Waals surface area contributed by atoms with E-state index >= 15 is 0 Å². The van der Waals surface area contributed by atoms with Crippen LogP contribution in [0.1, 0.15) is 23.6 Å². The zero-order valence-electron chi connectivity index (χ0n) is 19.2. The van der Waals surface area contributed by atoms with Crippen LogP contribution in [0, 0.1) is 0 Å². The Morgan fingerprint density at radius 1 is 1.20 bits per heavy atom. The normalized spacial score (nSPS) is 12.5. The highest BCUT2D eigenvalue weighted by molar-refractivity contribution is 9.10. The number of hydrogen-bond donors (Lipinski definition) is 4. The molecule has 11 heteroatoms. The van der Waals surface area contributed by atoms with Crippen molar-refractivity contribution < 1.29 is 10.2 Å². The number of aromatic nitrogens is 4. The van der Waals surface area contributed by atoms with E-state index in [9.17, 15) is 19.8 Å². The Bertz CT molecular complexity index is 1500. The molecule has 0 fully saturated rings. The zero-order valence-corrected chi connectivity index (χ0v) is 20.8. The van der Waals surface area contributed by atoms with Crippen molar-refractivity contribution in [1.82, 2.24) is 19.1 Å². The lowest BCUT2D eigenvalue weighted by atomic mass is 10.0. The zero-order chi connectivity index (χ0) is 25.1. The molecule has 4 aromatic rings. The van der Waals surface area contributed by atoms with E-state index in [0.29, 0.717) is 12.0 Å². The summed E-state index contributed by atoms with van der Waals surface area (Å²) in [5, 5.41) is 25.0. The third-order valence-corrected chi connectivity index (χ3v) is 6.15. The van der Waals surface area contributed by atoms with Gasteiger partial charge in [-0.15, -0.1) is 0 Å². The number of aromatic amines is 1. The molecule has 0 unspecified atom stereocenters. The number of fused-ring (bicyclic) bond motifs is 1. The molecule has 1 atom stereocenters. The molecule has 2 aromatic carbocycles. The average Bonchev–Trinajstić information content (AvgIpc) is 3.19. The van der Waals surface area contributed by atoms with Gasteiger partial charge in [0.15, 0.2) is 11.2 Å². The molecule has 0 spiro atoms. The number of nitrogens with zero attached hydrogens (tertiary/aromatic N) is 4. The Hall–Kier alpha value is -3.70. The molecule has 0 radical (unpaired) electrons. The molecular weight excluding hydrogens is 516 g/mol. The van der Waals surface area contributed by atoms with Gasteiger partial charge in [-0.25, -0.2) is 10.2 Å². The van der Waals surface area contributed by atoms with Gasteiger partial charge < -0.3 is 14.8 Å². The quantitative estimate of drug-likeness (QED) is 0.200. The summed E-state index contributed by atoms with van der Waals surface area (Å²) in [6.45, 7) is 2.11. The Morgan fingerprint density at radius 3 is 2.63 bits per heavy atom. The van der Waals surface area contributed by atoms with E-state index in [2.05, 4.69) is 43.3 Å². The molecule has 10 nitrogen and oxygen atoms in total. The summed E-state index contributed by atoms with van der Waals surface area (Å²) in [7, 11) is 1.50. The molecular formula is C24H25BrN6O4. The standard InChI is InChI=1S/C24H25BrN6O4/c1-3-14-4-6-15(7-5-14)10-18(32)13-31-20-21(30(2)24(35)28-22(20)34)27-23(31)29-26-12-16-11-17(25)8-9-19(16)33/h4-9,11-12,18,32-33H,3,10,13H2,1-2H3,(H,27,29)(H,28,34,35)/b26-12+/t18-/m0/s1. The Labute approximate surface area is 208 Å². The highest BCUT2D eigenvalue weighted by atomic mass is 79.9. The van der Waals surface area contributed by atoms with Gasteiger partial charge >= 0.3 is 5.69 Å². The first-order valence-corrected chi connectivity index (χ1v) is 11.8. The molecule has 2 heterocycles. The van der Waals surface area contributed by atoms with Crippen molar-refractivity contribution in [3.05, 3.63) is 84.5 Å². The van der Waals surface area contributed by atoms with Crippen molar-refractivity contribution in [1.29, 1.82) is 0 Å². The van der Waals surface area contributed by atoms with Crippen molar-refractivity contribution in [2.24, 2.45) is 12.1 Å². The van der Waals surface area contributed by atoms with Gasteiger partial charge in [0.25, 0.3) is 5.56 Å². The largest absolute Gasteiger partial charge is 0.507 e. The number of anilines is 1. The Kier molecular flexibility index (Phi) is 7.17. The number of hydrogen-bond acceptors (Lipinski definition) is 7. The fourth-order valence-corrected chi connectivity index (χ4v) is 4.12. The van der Waals surface area contributed by atoms with E-state index < -0.39 is 17.4 Å². The fraction of sp³-hybridized carbons (Fsp3) is 0.250. The van der Waals surface area contributed by atoms with Crippen LogP contribution in [0.25, 0.3) is 11.2 Å². The second-order valence-electron chi connectivity index (χ2n) is 8.14. The maximum atomic E-state index is 12.7. The first kappa shape index (κ1) is 24.4. The number of halogens is 1. The van der Waals surface area contributed by atoms with E-state index in [0.717, 1.165) is 16.5 Å². The smallest absolute Gasteiger partial charge is 0.329 e. The molecule has 2 aromatic heterocycles. The van der Waals surface area contributed by atoms with Crippen molar-refractivity contribution in [3.63, 3.8) is 0 Å². The number of phenols is 1. The predicted molar refractivity (Wildman–Crippen MR) is 138 cm³/mol. The van der Waals surface area contributed by atoms with Crippen LogP contribution in [0.5, 0.6) is 5.75 Å². The number of rotatable bonds is 8. The van der Waals surface area contributed by atoms with E-state index in [4.69, 9.17) is 0 Å². The van der Waals surface area contributed by atoms with Crippen LogP contribution in [0.4, 0.5) is 5.95 Å². The monoisotopic (exact) mass is 540 g/mol. The van der Waals surface area contributed by atoms with Gasteiger partial charge in [-0.3, -0.25) is 14.3 Å². The topological polar surface area (TPSA) is 138 Å². The maximum Gasteiger partial charge on any atom is 0.329 e. The number of phenolic OH excluding ortho intramolecular Hbond substituents is 1. The highest BCUT2D eigenvalue weighted by Crippen LogP contribution is 2.21. The first-order valence-electron chi connectivity index (χ1n) is 11.0. The van der Waals surface area contributed by atoms with Gasteiger partial charge in [-0.2, -0.15) is 10.1 Å². The minimum atomic E-state index is -0.838. The van der Waals surface area contributed by atoms with Crippen molar-refractivity contribution in [3.8, 4) is 5.75 Å². The van der Waals surface area contributed by atoms with Crippen molar-refractivity contribution in [2.45, 2.75) is 32.4 Å². The summed E-state index contributed by atoms with van der Waals surface area (Å²) in [6.07, 6.45) is 1.86. The first-order chi connectivity index (χ1) is 16.8. The summed E-state index contributed by atoms with van der Waals surface area (Å²) in [4.78, 5) is 31.4. The van der Waals surface area contributed by atoms with Crippen LogP contribution in [0.2, 0.25) is 0 Å². The van der Waals surface area contributed by atoms with Crippen LogP contribution >= 0.6 is 15.9 Å². The van der Waals surface area contributed by atoms with Crippen LogP contribution in [0.3, 0.4) is 0 Å². The van der Waals surface area contributed by atoms with Crippen LogP contribution < -0.4 is 16.7 Å². The van der Waals surface area contributed by atoms with Gasteiger partial charge in [-0.05, 0) is 35.7 Å². The SMILES string of the molecule is CCc1ccc(C[C@H](O)Cn2c(N/N=C/c3cc(Br)ccc3O)nc3c2c(=O)[nH]c(=O)n3C)cc1. The average molecular weight is 541 g/mol. The number of aliphatic hydroxyl groups is 1. The van der Waals surface area contributed by atoms with Crippen molar-refractivity contribution >= 4 is 39.3 Å². The van der Waals surface area contributed by atoms with Gasteiger partial charge in [0.05, 0.1) is 18.9 Å². The summed E-state index contributed by atoms with van der Waals surface area (Å²) >= 11 is 3.34. The molecule has 4 rings (SSSR count). The summed E-state index contributed by atoms with van der Waals surface area (Å²) in [5.74, 6) is 0.202. The lowest BCUT2D eigenvalue weighted by Gasteiger charge is -2.14. The van der Waals surface area contributed by atoms with Crippen LogP contribution in [-0.4, -0.2) is 41.6 Å². The third kappa shape index (κ3) is 5.36. The third-order valence-electron chi connectivity index (χ3n) is 5.66. The number of aliphatic hydroxyl groups excluding tert-OH is 1. The molecule has 0 saturated heterocycles. The molecule has 182 valence electrons. The van der Waals surface area contributed by atoms with E-state index in [1.54, 1.807) is 12.1 Å². The Balaban J connectivity index is 1.67. The van der Waals surface area contributed by atoms with E-state index in [-0.39, 0.29) is 29.4 Å². The van der Waals surface area contributed by atoms with Gasteiger partial charge in [0, 0.05) is 23.5 Å². The summed E-state index contributed by atoms with van der Waals surface area (Å²) in [5.41, 5.74) is 4.46. The van der Waals surface area contributed by atoms with Gasteiger partial charge in [0.2, 0.25) is 5.95 Å². The number of imidazole rings is 1. The maximum absolute atomic E-state index is 12.7. The Morgan fingerprint density at radius 2 is 1.91 bits per heavy atom. The van der Waals surface area contributed by atoms with E-state index in [1.807, 2.05) is 24.3 Å².